The number of fused-ring (bicyclic) bond motifs is 2. The summed E-state index contributed by atoms with van der Waals surface area (Å²) < 4.78 is 10.1. The van der Waals surface area contributed by atoms with Gasteiger partial charge in [0, 0.05) is 5.41 Å². The number of rotatable bonds is 1. The van der Waals surface area contributed by atoms with Crippen molar-refractivity contribution in [3.63, 3.8) is 0 Å². The van der Waals surface area contributed by atoms with Gasteiger partial charge in [-0.2, -0.15) is 0 Å². The zero-order valence-corrected chi connectivity index (χ0v) is 9.55. The molecule has 0 aromatic rings. The number of carbonyl (C=O) groups excluding carboxylic acids is 2. The molecule has 0 unspecified atom stereocenters. The van der Waals surface area contributed by atoms with Crippen molar-refractivity contribution in [2.45, 2.75) is 39.2 Å². The van der Waals surface area contributed by atoms with E-state index in [4.69, 9.17) is 9.47 Å². The summed E-state index contributed by atoms with van der Waals surface area (Å²) in [5.74, 6) is -0.703. The van der Waals surface area contributed by atoms with Crippen LogP contribution in [0.25, 0.3) is 0 Å². The fraction of sp³-hybridized carbons (Fsp3) is 0.818. The second kappa shape index (κ2) is 2.54. The first-order valence-electron chi connectivity index (χ1n) is 5.14. The fourth-order valence-electron chi connectivity index (χ4n) is 2.87. The predicted octanol–water partition coefficient (Wildman–Crippen LogP) is 1.28. The van der Waals surface area contributed by atoms with Crippen molar-refractivity contribution >= 4 is 11.9 Å². The second-order valence-corrected chi connectivity index (χ2v) is 5.17. The van der Waals surface area contributed by atoms with E-state index in [1.165, 1.54) is 7.11 Å². The minimum atomic E-state index is -1.06. The molecule has 0 N–H and O–H groups in total. The van der Waals surface area contributed by atoms with Gasteiger partial charge >= 0.3 is 11.9 Å². The van der Waals surface area contributed by atoms with Crippen LogP contribution in [0.2, 0.25) is 0 Å². The summed E-state index contributed by atoms with van der Waals surface area (Å²) in [7, 11) is 1.33. The highest BCUT2D eigenvalue weighted by Crippen LogP contribution is 2.65. The van der Waals surface area contributed by atoms with Crippen LogP contribution in [0.15, 0.2) is 0 Å². The van der Waals surface area contributed by atoms with Crippen LogP contribution in [-0.4, -0.2) is 24.6 Å². The Bertz CT molecular complexity index is 346. The molecule has 0 aromatic heterocycles. The third-order valence-corrected chi connectivity index (χ3v) is 4.60. The highest BCUT2D eigenvalue weighted by atomic mass is 16.6. The van der Waals surface area contributed by atoms with Crippen LogP contribution >= 0.6 is 0 Å². The minimum absolute atomic E-state index is 0.274. The first kappa shape index (κ1) is 10.5. The number of esters is 2. The largest absolute Gasteiger partial charge is 0.466 e. The number of ether oxygens (including phenoxy) is 2. The molecule has 2 bridgehead atoms. The van der Waals surface area contributed by atoms with Crippen molar-refractivity contribution in [1.29, 1.82) is 0 Å². The van der Waals surface area contributed by atoms with Crippen molar-refractivity contribution in [3.05, 3.63) is 0 Å². The van der Waals surface area contributed by atoms with Crippen LogP contribution in [0.3, 0.4) is 0 Å². The molecule has 1 aliphatic carbocycles. The van der Waals surface area contributed by atoms with Crippen LogP contribution in [0, 0.1) is 10.8 Å². The summed E-state index contributed by atoms with van der Waals surface area (Å²) >= 11 is 0. The van der Waals surface area contributed by atoms with E-state index in [-0.39, 0.29) is 5.97 Å². The van der Waals surface area contributed by atoms with Gasteiger partial charge in [-0.3, -0.25) is 4.79 Å². The van der Waals surface area contributed by atoms with Gasteiger partial charge in [-0.1, -0.05) is 13.8 Å². The van der Waals surface area contributed by atoms with Crippen molar-refractivity contribution in [2.24, 2.45) is 10.8 Å². The van der Waals surface area contributed by atoms with E-state index in [0.717, 1.165) is 0 Å². The van der Waals surface area contributed by atoms with Crippen LogP contribution in [0.1, 0.15) is 33.6 Å². The van der Waals surface area contributed by atoms with Crippen LogP contribution < -0.4 is 0 Å². The molecule has 84 valence electrons. The lowest BCUT2D eigenvalue weighted by molar-refractivity contribution is -0.180. The highest BCUT2D eigenvalue weighted by Gasteiger charge is 2.76. The molecule has 1 saturated heterocycles. The molecule has 1 heterocycles. The van der Waals surface area contributed by atoms with Crippen LogP contribution in [0.5, 0.6) is 0 Å². The van der Waals surface area contributed by atoms with E-state index in [2.05, 4.69) is 0 Å². The molecule has 2 aliphatic rings. The van der Waals surface area contributed by atoms with E-state index in [9.17, 15) is 9.59 Å². The predicted molar refractivity (Wildman–Crippen MR) is 52.0 cm³/mol. The maximum Gasteiger partial charge on any atom is 0.350 e. The maximum atomic E-state index is 11.8. The van der Waals surface area contributed by atoms with Crippen LogP contribution in [-0.2, 0) is 19.1 Å². The lowest BCUT2D eigenvalue weighted by Crippen LogP contribution is -2.48. The van der Waals surface area contributed by atoms with Crippen molar-refractivity contribution in [2.75, 3.05) is 7.11 Å². The van der Waals surface area contributed by atoms with Gasteiger partial charge in [0.05, 0.1) is 12.5 Å². The van der Waals surface area contributed by atoms with Gasteiger partial charge in [-0.15, -0.1) is 0 Å². The first-order valence-corrected chi connectivity index (χ1v) is 5.14. The topological polar surface area (TPSA) is 52.6 Å². The summed E-state index contributed by atoms with van der Waals surface area (Å²) in [5, 5.41) is 0. The van der Waals surface area contributed by atoms with Gasteiger partial charge in [0.25, 0.3) is 0 Å². The minimum Gasteiger partial charge on any atom is -0.466 e. The number of carbonyl (C=O) groups is 2. The zero-order chi connectivity index (χ0) is 11.5. The Labute approximate surface area is 88.9 Å². The second-order valence-electron chi connectivity index (χ2n) is 5.17. The maximum absolute atomic E-state index is 11.8. The third kappa shape index (κ3) is 0.840. The molecule has 4 nitrogen and oxygen atoms in total. The third-order valence-electron chi connectivity index (χ3n) is 4.60. The molecule has 2 atom stereocenters. The molecular formula is C11H16O4. The first-order chi connectivity index (χ1) is 6.82. The quantitative estimate of drug-likeness (QED) is 0.614. The Morgan fingerprint density at radius 1 is 1.33 bits per heavy atom. The summed E-state index contributed by atoms with van der Waals surface area (Å²) in [6.07, 6.45) is 1.25. The Kier molecular flexibility index (Phi) is 1.77. The Balaban J connectivity index is 2.54. The molecule has 15 heavy (non-hydrogen) atoms. The molecule has 0 amide bonds. The van der Waals surface area contributed by atoms with Crippen LogP contribution in [0.4, 0.5) is 0 Å². The standard InChI is InChI=1S/C11H16O4/c1-9(2)10(3)5-6-11(9,8(13)14-4)15-7(10)12/h5-6H2,1-4H3/t10-,11-/m0/s1. The Hall–Kier alpha value is -1.06. The number of hydrogen-bond acceptors (Lipinski definition) is 4. The van der Waals surface area contributed by atoms with Gasteiger partial charge in [0.15, 0.2) is 0 Å². The van der Waals surface area contributed by atoms with Gasteiger partial charge in [0.2, 0.25) is 5.60 Å². The molecule has 2 fully saturated rings. The summed E-state index contributed by atoms with van der Waals surface area (Å²) in [6, 6.07) is 0. The van der Waals surface area contributed by atoms with Gasteiger partial charge in [-0.05, 0) is 19.8 Å². The van der Waals surface area contributed by atoms with Crippen molar-refractivity contribution in [3.8, 4) is 0 Å². The van der Waals surface area contributed by atoms with E-state index in [1.54, 1.807) is 0 Å². The van der Waals surface area contributed by atoms with E-state index in [0.29, 0.717) is 12.8 Å². The van der Waals surface area contributed by atoms with Crippen molar-refractivity contribution in [1.82, 2.24) is 0 Å². The van der Waals surface area contributed by atoms with E-state index in [1.807, 2.05) is 20.8 Å². The molecule has 1 saturated carbocycles. The van der Waals surface area contributed by atoms with E-state index >= 15 is 0 Å². The summed E-state index contributed by atoms with van der Waals surface area (Å²) in [4.78, 5) is 23.6. The lowest BCUT2D eigenvalue weighted by atomic mass is 9.66. The molecule has 0 radical (unpaired) electrons. The summed E-state index contributed by atoms with van der Waals surface area (Å²) in [5.41, 5.74) is -2.11. The molecule has 0 aromatic carbocycles. The van der Waals surface area contributed by atoms with Crippen molar-refractivity contribution < 1.29 is 19.1 Å². The van der Waals surface area contributed by atoms with Gasteiger partial charge in [-0.25, -0.2) is 4.79 Å². The molecule has 2 rings (SSSR count). The Morgan fingerprint density at radius 2 is 1.93 bits per heavy atom. The molecule has 0 spiro atoms. The normalized spacial score (nSPS) is 41.5. The number of hydrogen-bond donors (Lipinski definition) is 0. The average Bonchev–Trinajstić information content (AvgIpc) is 2.47. The van der Waals surface area contributed by atoms with Gasteiger partial charge < -0.3 is 9.47 Å². The molecule has 4 heteroatoms. The fourth-order valence-corrected chi connectivity index (χ4v) is 2.87. The number of methoxy groups -OCH3 is 1. The molecular weight excluding hydrogens is 196 g/mol. The average molecular weight is 212 g/mol. The molecule has 1 aliphatic heterocycles. The zero-order valence-electron chi connectivity index (χ0n) is 9.55. The Morgan fingerprint density at radius 3 is 2.27 bits per heavy atom. The van der Waals surface area contributed by atoms with Gasteiger partial charge in [0.1, 0.15) is 0 Å². The smallest absolute Gasteiger partial charge is 0.350 e. The lowest BCUT2D eigenvalue weighted by Gasteiger charge is -2.33. The van der Waals surface area contributed by atoms with E-state index < -0.39 is 22.4 Å². The SMILES string of the molecule is COC(=O)[C@]12CC[C@@](C)(C(=O)O1)C2(C)C. The highest BCUT2D eigenvalue weighted by molar-refractivity contribution is 5.93. The summed E-state index contributed by atoms with van der Waals surface area (Å²) in [6.45, 7) is 5.68. The monoisotopic (exact) mass is 212 g/mol.